The van der Waals surface area contributed by atoms with Gasteiger partial charge in [-0.2, -0.15) is 0 Å². The van der Waals surface area contributed by atoms with E-state index in [0.29, 0.717) is 17.6 Å². The molecule has 0 radical (unpaired) electrons. The zero-order valence-electron chi connectivity index (χ0n) is 13.1. The van der Waals surface area contributed by atoms with Crippen molar-refractivity contribution in [3.05, 3.63) is 60.3 Å². The van der Waals surface area contributed by atoms with Crippen LogP contribution in [0.1, 0.15) is 22.2 Å². The van der Waals surface area contributed by atoms with Gasteiger partial charge in [-0.1, -0.05) is 0 Å². The molecular weight excluding hydrogens is 292 g/mol. The molecule has 1 N–H and O–H groups in total. The lowest BCUT2D eigenvalue weighted by Crippen LogP contribution is -2.34. The first kappa shape index (κ1) is 15.2. The highest BCUT2D eigenvalue weighted by molar-refractivity contribution is 5.97. The molecule has 0 aliphatic carbocycles. The number of amides is 1. The molecule has 0 saturated carbocycles. The molecule has 2 heterocycles. The quantitative estimate of drug-likeness (QED) is 0.782. The first-order chi connectivity index (χ1) is 11.1. The highest BCUT2D eigenvalue weighted by Crippen LogP contribution is 2.18. The average molecular weight is 310 g/mol. The molecule has 0 saturated heterocycles. The van der Waals surface area contributed by atoms with E-state index in [2.05, 4.69) is 15.3 Å². The number of carbonyl (C=O) groups excluding carboxylic acids is 1. The van der Waals surface area contributed by atoms with Crippen molar-refractivity contribution in [2.24, 2.45) is 0 Å². The van der Waals surface area contributed by atoms with Crippen LogP contribution in [0.4, 0.5) is 0 Å². The van der Waals surface area contributed by atoms with Crippen molar-refractivity contribution in [3.8, 4) is 0 Å². The number of nitrogens with one attached hydrogen (secondary N) is 1. The van der Waals surface area contributed by atoms with Crippen LogP contribution in [-0.4, -0.2) is 41.4 Å². The predicted molar refractivity (Wildman–Crippen MR) is 87.0 cm³/mol. The van der Waals surface area contributed by atoms with E-state index in [0.717, 1.165) is 11.3 Å². The number of fused-ring (bicyclic) bond motifs is 1. The summed E-state index contributed by atoms with van der Waals surface area (Å²) in [5.74, 6) is 0.677. The second kappa shape index (κ2) is 6.58. The fraction of sp³-hybridized carbons (Fsp3) is 0.235. The van der Waals surface area contributed by atoms with Gasteiger partial charge in [0.2, 0.25) is 0 Å². The van der Waals surface area contributed by atoms with Crippen LogP contribution in [0, 0.1) is 0 Å². The van der Waals surface area contributed by atoms with Crippen molar-refractivity contribution in [2.45, 2.75) is 6.04 Å². The maximum Gasteiger partial charge on any atom is 0.251 e. The number of carbonyl (C=O) groups is 1. The number of nitrogens with zero attached hydrogens (tertiary/aromatic N) is 3. The van der Waals surface area contributed by atoms with Gasteiger partial charge in [-0.25, -0.2) is 0 Å². The molecule has 0 spiro atoms. The summed E-state index contributed by atoms with van der Waals surface area (Å²) in [5.41, 5.74) is 2.04. The number of rotatable bonds is 5. The van der Waals surface area contributed by atoms with Gasteiger partial charge in [0.15, 0.2) is 0 Å². The van der Waals surface area contributed by atoms with Crippen molar-refractivity contribution in [2.75, 3.05) is 20.6 Å². The number of benzene rings is 1. The summed E-state index contributed by atoms with van der Waals surface area (Å²) >= 11 is 0. The minimum Gasteiger partial charge on any atom is -0.468 e. The molecule has 0 aliphatic rings. The van der Waals surface area contributed by atoms with Gasteiger partial charge in [-0.05, 0) is 44.4 Å². The molecule has 3 rings (SSSR count). The Morgan fingerprint density at radius 2 is 2.00 bits per heavy atom. The van der Waals surface area contributed by atoms with Crippen LogP contribution in [-0.2, 0) is 0 Å². The van der Waals surface area contributed by atoms with E-state index in [-0.39, 0.29) is 11.9 Å². The molecule has 23 heavy (non-hydrogen) atoms. The summed E-state index contributed by atoms with van der Waals surface area (Å²) in [6.45, 7) is 0.456. The predicted octanol–water partition coefficient (Wildman–Crippen LogP) is 2.26. The Balaban J connectivity index is 1.72. The van der Waals surface area contributed by atoms with Gasteiger partial charge < -0.3 is 9.73 Å². The molecule has 6 heteroatoms. The zero-order valence-corrected chi connectivity index (χ0v) is 13.1. The normalized spacial score (nSPS) is 12.5. The lowest BCUT2D eigenvalue weighted by molar-refractivity contribution is 0.0939. The smallest absolute Gasteiger partial charge is 0.251 e. The minimum absolute atomic E-state index is 0.0193. The van der Waals surface area contributed by atoms with Gasteiger partial charge in [-0.3, -0.25) is 19.7 Å². The SMILES string of the molecule is CN(C)[C@H](CNC(=O)c1ccc2nccnc2c1)c1ccco1. The summed E-state index contributed by atoms with van der Waals surface area (Å²) in [7, 11) is 3.90. The monoisotopic (exact) mass is 310 g/mol. The first-order valence-corrected chi connectivity index (χ1v) is 7.34. The molecule has 1 amide bonds. The van der Waals surface area contributed by atoms with E-state index in [4.69, 9.17) is 4.42 Å². The molecule has 0 aliphatic heterocycles. The highest BCUT2D eigenvalue weighted by Gasteiger charge is 2.18. The maximum atomic E-state index is 12.4. The van der Waals surface area contributed by atoms with Crippen LogP contribution in [0.5, 0.6) is 0 Å². The molecular formula is C17H18N4O2. The largest absolute Gasteiger partial charge is 0.468 e. The van der Waals surface area contributed by atoms with Crippen molar-refractivity contribution in [3.63, 3.8) is 0 Å². The summed E-state index contributed by atoms with van der Waals surface area (Å²) in [4.78, 5) is 22.8. The van der Waals surface area contributed by atoms with E-state index in [1.54, 1.807) is 36.9 Å². The van der Waals surface area contributed by atoms with Gasteiger partial charge in [0.25, 0.3) is 5.91 Å². The lowest BCUT2D eigenvalue weighted by Gasteiger charge is -2.22. The molecule has 3 aromatic rings. The molecule has 0 unspecified atom stereocenters. The van der Waals surface area contributed by atoms with Crippen LogP contribution >= 0.6 is 0 Å². The summed E-state index contributed by atoms with van der Waals surface area (Å²) in [6, 6.07) is 9.03. The fourth-order valence-corrected chi connectivity index (χ4v) is 2.41. The van der Waals surface area contributed by atoms with Crippen LogP contribution in [0.25, 0.3) is 11.0 Å². The van der Waals surface area contributed by atoms with Gasteiger partial charge in [-0.15, -0.1) is 0 Å². The summed E-state index contributed by atoms with van der Waals surface area (Å²) in [6.07, 6.45) is 4.88. The third-order valence-corrected chi connectivity index (χ3v) is 3.68. The Kier molecular flexibility index (Phi) is 4.34. The number of hydrogen-bond donors (Lipinski definition) is 1. The topological polar surface area (TPSA) is 71.3 Å². The molecule has 118 valence electrons. The standard InChI is InChI=1S/C17H18N4O2/c1-21(2)15(16-4-3-9-23-16)11-20-17(22)12-5-6-13-14(10-12)19-8-7-18-13/h3-10,15H,11H2,1-2H3,(H,20,22)/t15-/m1/s1. The summed E-state index contributed by atoms with van der Waals surface area (Å²) in [5, 5.41) is 2.94. The van der Waals surface area contributed by atoms with Crippen molar-refractivity contribution >= 4 is 16.9 Å². The van der Waals surface area contributed by atoms with Gasteiger partial charge >= 0.3 is 0 Å². The van der Waals surface area contributed by atoms with E-state index in [9.17, 15) is 4.79 Å². The van der Waals surface area contributed by atoms with Crippen molar-refractivity contribution in [1.82, 2.24) is 20.2 Å². The van der Waals surface area contributed by atoms with E-state index in [1.807, 2.05) is 31.1 Å². The highest BCUT2D eigenvalue weighted by atomic mass is 16.3. The third kappa shape index (κ3) is 3.37. The molecule has 2 aromatic heterocycles. The minimum atomic E-state index is -0.143. The van der Waals surface area contributed by atoms with Crippen LogP contribution in [0.15, 0.2) is 53.4 Å². The zero-order chi connectivity index (χ0) is 16.2. The maximum absolute atomic E-state index is 12.4. The van der Waals surface area contributed by atoms with E-state index < -0.39 is 0 Å². The second-order valence-electron chi connectivity index (χ2n) is 5.46. The number of hydrogen-bond acceptors (Lipinski definition) is 5. The lowest BCUT2D eigenvalue weighted by atomic mass is 10.1. The Morgan fingerprint density at radius 1 is 1.22 bits per heavy atom. The van der Waals surface area contributed by atoms with Crippen molar-refractivity contribution in [1.29, 1.82) is 0 Å². The molecule has 0 fully saturated rings. The molecule has 6 nitrogen and oxygen atoms in total. The van der Waals surface area contributed by atoms with Crippen LogP contribution in [0.2, 0.25) is 0 Å². The average Bonchev–Trinajstić information content (AvgIpc) is 3.08. The Hall–Kier alpha value is -2.73. The Bertz CT molecular complexity index is 799. The number of likely N-dealkylation sites (N-methyl/N-ethyl adjacent to an activating group) is 1. The van der Waals surface area contributed by atoms with Gasteiger partial charge in [0, 0.05) is 24.5 Å². The number of furan rings is 1. The first-order valence-electron chi connectivity index (χ1n) is 7.34. The van der Waals surface area contributed by atoms with Crippen LogP contribution < -0.4 is 5.32 Å². The van der Waals surface area contributed by atoms with Crippen molar-refractivity contribution < 1.29 is 9.21 Å². The van der Waals surface area contributed by atoms with E-state index >= 15 is 0 Å². The van der Waals surface area contributed by atoms with Gasteiger partial charge in [0.1, 0.15) is 5.76 Å². The van der Waals surface area contributed by atoms with E-state index in [1.165, 1.54) is 0 Å². The second-order valence-corrected chi connectivity index (χ2v) is 5.46. The molecule has 1 atom stereocenters. The molecule has 0 bridgehead atoms. The molecule has 1 aromatic carbocycles. The van der Waals surface area contributed by atoms with Gasteiger partial charge in [0.05, 0.1) is 23.3 Å². The van der Waals surface area contributed by atoms with Crippen LogP contribution in [0.3, 0.4) is 0 Å². The Labute approximate surface area is 134 Å². The summed E-state index contributed by atoms with van der Waals surface area (Å²) < 4.78 is 5.44. The fourth-order valence-electron chi connectivity index (χ4n) is 2.41. The Morgan fingerprint density at radius 3 is 2.70 bits per heavy atom. The number of aromatic nitrogens is 2. The third-order valence-electron chi connectivity index (χ3n) is 3.68.